The summed E-state index contributed by atoms with van der Waals surface area (Å²) in [6.07, 6.45) is 8.61. The maximum atomic E-state index is 12.1. The minimum atomic E-state index is -3.77. The molecular formula is C41H43N9O9S3. The lowest BCUT2D eigenvalue weighted by Crippen LogP contribution is -2.49. The van der Waals surface area contributed by atoms with Crippen LogP contribution in [0.15, 0.2) is 85.5 Å². The lowest BCUT2D eigenvalue weighted by atomic mass is 10.0. The van der Waals surface area contributed by atoms with Crippen molar-refractivity contribution in [3.8, 4) is 40.5 Å². The number of carbonyl (C=O) groups excluding carboxylic acids is 2. The number of sulfone groups is 2. The highest BCUT2D eigenvalue weighted by Crippen LogP contribution is 2.29. The molecule has 324 valence electrons. The Kier molecular flexibility index (Phi) is 13.3. The summed E-state index contributed by atoms with van der Waals surface area (Å²) in [5.41, 5.74) is 7.01. The van der Waals surface area contributed by atoms with Gasteiger partial charge >= 0.3 is 0 Å². The van der Waals surface area contributed by atoms with E-state index >= 15 is 0 Å². The molecule has 4 heterocycles. The van der Waals surface area contributed by atoms with Crippen molar-refractivity contribution in [1.29, 1.82) is 0 Å². The van der Waals surface area contributed by atoms with Crippen molar-refractivity contribution in [2.45, 2.75) is 54.9 Å². The number of rotatable bonds is 12. The summed E-state index contributed by atoms with van der Waals surface area (Å²) in [6, 6.07) is 19.1. The van der Waals surface area contributed by atoms with E-state index in [0.717, 1.165) is 51.2 Å². The molecule has 1 aliphatic rings. The highest BCUT2D eigenvalue weighted by atomic mass is 32.2. The molecule has 0 aliphatic carbocycles. The smallest absolute Gasteiger partial charge is 0.264 e. The third kappa shape index (κ3) is 10.00. The number of hydroxylamine groups is 2. The Bertz CT molecular complexity index is 2980. The number of thioether (sulfide) groups is 1. The van der Waals surface area contributed by atoms with Gasteiger partial charge in [-0.2, -0.15) is 37.0 Å². The topological polar surface area (TPSA) is 254 Å². The Morgan fingerprint density at radius 3 is 1.74 bits per heavy atom. The van der Waals surface area contributed by atoms with Gasteiger partial charge in [-0.05, 0) is 92.1 Å². The summed E-state index contributed by atoms with van der Waals surface area (Å²) >= 11 is 1.63. The molecule has 7 rings (SSSR count). The second kappa shape index (κ2) is 18.1. The Labute approximate surface area is 361 Å². The van der Waals surface area contributed by atoms with Crippen molar-refractivity contribution in [2.75, 3.05) is 24.0 Å². The average molecular weight is 902 g/mol. The van der Waals surface area contributed by atoms with Crippen molar-refractivity contribution < 1.29 is 41.9 Å². The first-order valence-electron chi connectivity index (χ1n) is 18.8. The van der Waals surface area contributed by atoms with Gasteiger partial charge in [0.25, 0.3) is 11.8 Å². The van der Waals surface area contributed by atoms with Crippen molar-refractivity contribution >= 4 is 65.1 Å². The fourth-order valence-electron chi connectivity index (χ4n) is 6.22. The van der Waals surface area contributed by atoms with Gasteiger partial charge in [0.2, 0.25) is 0 Å². The molecule has 21 heteroatoms. The van der Waals surface area contributed by atoms with E-state index in [4.69, 9.17) is 10.4 Å². The van der Waals surface area contributed by atoms with Gasteiger partial charge in [0.05, 0.1) is 29.1 Å². The summed E-state index contributed by atoms with van der Waals surface area (Å²) in [4.78, 5) is 25.5. The number of hydrogen-bond donors (Lipinski definition) is 5. The molecule has 1 saturated heterocycles. The molecule has 6 aromatic rings. The Balaban J connectivity index is 0.000000207. The number of fused-ring (bicyclic) bond motifs is 2. The molecule has 3 aromatic heterocycles. The van der Waals surface area contributed by atoms with E-state index in [1.807, 2.05) is 48.5 Å². The highest BCUT2D eigenvalue weighted by Gasteiger charge is 2.44. The minimum Gasteiger partial charge on any atom is -0.376 e. The predicted octanol–water partition coefficient (Wildman–Crippen LogP) is 2.55. The predicted molar refractivity (Wildman–Crippen MR) is 232 cm³/mol. The number of nitrogens with one attached hydrogen (secondary N) is 2. The molecule has 0 bridgehead atoms. The van der Waals surface area contributed by atoms with Crippen LogP contribution in [0.4, 0.5) is 0 Å². The molecule has 1 aliphatic heterocycles. The van der Waals surface area contributed by atoms with Gasteiger partial charge in [-0.15, -0.1) is 0 Å². The number of benzene rings is 3. The van der Waals surface area contributed by atoms with Crippen molar-refractivity contribution in [3.05, 3.63) is 91.0 Å². The summed E-state index contributed by atoms with van der Waals surface area (Å²) in [6.45, 7) is 2.91. The van der Waals surface area contributed by atoms with Gasteiger partial charge in [-0.3, -0.25) is 29.4 Å². The summed E-state index contributed by atoms with van der Waals surface area (Å²) in [5, 5.41) is 46.6. The Morgan fingerprint density at radius 2 is 1.26 bits per heavy atom. The van der Waals surface area contributed by atoms with Crippen LogP contribution in [0.1, 0.15) is 32.3 Å². The Morgan fingerprint density at radius 1 is 0.758 bits per heavy atom. The van der Waals surface area contributed by atoms with Crippen LogP contribution in [0.5, 0.6) is 0 Å². The fourth-order valence-corrected chi connectivity index (χ4v) is 8.65. The number of aliphatic hydroxyl groups is 1. The number of carbonyl (C=O) groups is 2. The van der Waals surface area contributed by atoms with Crippen LogP contribution in [0.2, 0.25) is 0 Å². The largest absolute Gasteiger partial charge is 0.376 e. The van der Waals surface area contributed by atoms with E-state index < -0.39 is 46.6 Å². The van der Waals surface area contributed by atoms with E-state index in [0.29, 0.717) is 17.0 Å². The molecule has 0 radical (unpaired) electrons. The first-order chi connectivity index (χ1) is 29.3. The van der Waals surface area contributed by atoms with Crippen LogP contribution in [0.25, 0.3) is 38.6 Å². The second-order valence-corrected chi connectivity index (χ2v) is 21.0. The van der Waals surface area contributed by atoms with Crippen LogP contribution in [-0.2, 0) is 42.4 Å². The number of aromatic nitrogens is 7. The van der Waals surface area contributed by atoms with E-state index in [-0.39, 0.29) is 25.9 Å². The molecular weight excluding hydrogens is 859 g/mol. The van der Waals surface area contributed by atoms with Gasteiger partial charge in [-0.25, -0.2) is 27.8 Å². The third-order valence-corrected chi connectivity index (χ3v) is 16.1. The van der Waals surface area contributed by atoms with Gasteiger partial charge in [0.15, 0.2) is 29.2 Å². The quantitative estimate of drug-likeness (QED) is 0.0673. The molecule has 18 nitrogen and oxygen atoms in total. The SMILES string of the molecule is C[C@@](CCn1cc2cc(-c3ccc(-n4nccn4)cc3)ccc2n1)(C(=O)NO)S(C)(=O)=O.C[C@@](CCn1cc2cc(C#CC#CC3(O)CSC3)ccc2n1)(C(=O)NO)S(C)(=O)=O. The molecule has 2 atom stereocenters. The summed E-state index contributed by atoms with van der Waals surface area (Å²) in [5.74, 6) is 10.4. The summed E-state index contributed by atoms with van der Waals surface area (Å²) in [7, 11) is -7.53. The van der Waals surface area contributed by atoms with Crippen LogP contribution >= 0.6 is 11.8 Å². The van der Waals surface area contributed by atoms with E-state index in [1.54, 1.807) is 62.8 Å². The molecule has 1 fully saturated rings. The maximum absolute atomic E-state index is 12.1. The molecule has 3 aromatic carbocycles. The molecule has 0 unspecified atom stereocenters. The number of nitrogens with zero attached hydrogens (tertiary/aromatic N) is 7. The van der Waals surface area contributed by atoms with Crippen LogP contribution in [-0.4, -0.2) is 118 Å². The van der Waals surface area contributed by atoms with Crippen molar-refractivity contribution in [3.63, 3.8) is 0 Å². The average Bonchev–Trinajstić information content (AvgIpc) is 4.01. The minimum absolute atomic E-state index is 0.0397. The number of amides is 2. The molecule has 5 N–H and O–H groups in total. The lowest BCUT2D eigenvalue weighted by Gasteiger charge is -2.29. The maximum Gasteiger partial charge on any atom is 0.264 e. The zero-order valence-corrected chi connectivity index (χ0v) is 36.4. The molecule has 62 heavy (non-hydrogen) atoms. The van der Waals surface area contributed by atoms with E-state index in [9.17, 15) is 31.5 Å². The highest BCUT2D eigenvalue weighted by molar-refractivity contribution is 8.00. The zero-order valence-electron chi connectivity index (χ0n) is 34.0. The standard InChI is InChI=1S/C21H22N6O4S.C20H21N3O5S2/c1-21(20(28)25-29,32(2,30)31)9-12-26-14-17-13-16(5-8-19(17)24-26)15-3-6-18(7-4-15)27-22-10-11-23-27;1-19(18(24)22-26,30(2,27)28)9-10-23-12-16-11-15(6-7-17(16)21-23)5-3-4-8-20(25)13-29-14-20/h3-8,10-11,13-14,29H,9,12H2,1-2H3,(H,25,28);6-7,11-12,25-26H,9-10,13-14H2,1-2H3,(H,22,24)/t21-;19-/m11/s1. The van der Waals surface area contributed by atoms with Gasteiger partial charge in [0.1, 0.15) is 5.60 Å². The Hall–Kier alpha value is -6.07. The van der Waals surface area contributed by atoms with Crippen LogP contribution < -0.4 is 11.0 Å². The summed E-state index contributed by atoms with van der Waals surface area (Å²) < 4.78 is 48.0. The lowest BCUT2D eigenvalue weighted by molar-refractivity contribution is -0.132. The first-order valence-corrected chi connectivity index (χ1v) is 23.7. The monoisotopic (exact) mass is 901 g/mol. The normalized spacial score (nSPS) is 15.3. The van der Waals surface area contributed by atoms with E-state index in [1.165, 1.54) is 24.8 Å². The molecule has 2 amide bonds. The third-order valence-electron chi connectivity index (χ3n) is 10.6. The van der Waals surface area contributed by atoms with E-state index in [2.05, 4.69) is 44.1 Å². The number of aryl methyl sites for hydroxylation is 2. The zero-order chi connectivity index (χ0) is 44.9. The van der Waals surface area contributed by atoms with Crippen molar-refractivity contribution in [2.24, 2.45) is 0 Å². The molecule has 0 saturated carbocycles. The van der Waals surface area contributed by atoms with Gasteiger partial charge in [0, 0.05) is 65.8 Å². The second-order valence-electron chi connectivity index (χ2n) is 15.1. The van der Waals surface area contributed by atoms with Crippen LogP contribution in [0, 0.1) is 23.7 Å². The fraction of sp³-hybridized carbons (Fsp3) is 0.317. The first kappa shape index (κ1) is 45.5. The molecule has 0 spiro atoms. The van der Waals surface area contributed by atoms with Crippen molar-refractivity contribution in [1.82, 2.24) is 45.5 Å². The van der Waals surface area contributed by atoms with Gasteiger partial charge in [-0.1, -0.05) is 30.0 Å². The number of hydrogen-bond acceptors (Lipinski definition) is 14. The van der Waals surface area contributed by atoms with Crippen LogP contribution in [0.3, 0.4) is 0 Å². The van der Waals surface area contributed by atoms with Gasteiger partial charge < -0.3 is 5.11 Å².